The van der Waals surface area contributed by atoms with Crippen molar-refractivity contribution in [3.8, 4) is 0 Å². The van der Waals surface area contributed by atoms with E-state index in [1.807, 2.05) is 0 Å². The molecular formula is C18H18N2O3. The minimum Gasteiger partial charge on any atom is -0.345 e. The number of nitrogens with zero attached hydrogens (tertiary/aromatic N) is 2. The molecule has 1 heterocycles. The number of allylic oxidation sites excluding steroid dienone is 2. The van der Waals surface area contributed by atoms with Crippen LogP contribution < -0.4 is 4.90 Å². The molecule has 0 radical (unpaired) electrons. The summed E-state index contributed by atoms with van der Waals surface area (Å²) in [5, 5.41) is 0. The van der Waals surface area contributed by atoms with Crippen LogP contribution in [0.2, 0.25) is 0 Å². The van der Waals surface area contributed by atoms with Crippen molar-refractivity contribution in [2.24, 2.45) is 23.7 Å². The Balaban J connectivity index is 1.63. The zero-order valence-electron chi connectivity index (χ0n) is 13.1. The van der Waals surface area contributed by atoms with Gasteiger partial charge in [-0.3, -0.25) is 19.3 Å². The zero-order chi connectivity index (χ0) is 16.3. The number of benzene rings is 1. The van der Waals surface area contributed by atoms with E-state index in [0.29, 0.717) is 11.3 Å². The average Bonchev–Trinajstić information content (AvgIpc) is 3.21. The van der Waals surface area contributed by atoms with E-state index in [4.69, 9.17) is 0 Å². The van der Waals surface area contributed by atoms with Crippen LogP contribution in [0.3, 0.4) is 0 Å². The van der Waals surface area contributed by atoms with Gasteiger partial charge in [0.1, 0.15) is 0 Å². The van der Waals surface area contributed by atoms with E-state index >= 15 is 0 Å². The minimum atomic E-state index is -0.194. The lowest BCUT2D eigenvalue weighted by atomic mass is 9.85. The molecular weight excluding hydrogens is 292 g/mol. The maximum atomic E-state index is 12.7. The molecule has 1 aromatic carbocycles. The molecule has 4 rings (SSSR count). The molecule has 1 saturated heterocycles. The highest BCUT2D eigenvalue weighted by atomic mass is 16.2. The topological polar surface area (TPSA) is 57.7 Å². The van der Waals surface area contributed by atoms with Crippen LogP contribution in [-0.4, -0.2) is 36.7 Å². The molecule has 1 aliphatic heterocycles. The molecule has 2 fully saturated rings. The third kappa shape index (κ3) is 1.89. The fourth-order valence-electron chi connectivity index (χ4n) is 4.17. The summed E-state index contributed by atoms with van der Waals surface area (Å²) in [6.07, 6.45) is 5.09. The standard InChI is InChI=1S/C18H18N2O3/c1-19(2)16(21)10-5-7-13(8-6-10)20-17(22)14-11-3-4-12(9-11)15(14)18(20)23/h3-8,11-12,14-15H,9H2,1-2H3/t11-,12-,14+,15+/m0/s1. The number of hydrogen-bond acceptors (Lipinski definition) is 3. The minimum absolute atomic E-state index is 0.0939. The van der Waals surface area contributed by atoms with Crippen LogP contribution in [0, 0.1) is 23.7 Å². The Morgan fingerprint density at radius 1 is 1.00 bits per heavy atom. The number of carbonyl (C=O) groups is 3. The van der Waals surface area contributed by atoms with Gasteiger partial charge in [0.05, 0.1) is 17.5 Å². The lowest BCUT2D eigenvalue weighted by molar-refractivity contribution is -0.123. The van der Waals surface area contributed by atoms with Gasteiger partial charge in [0.25, 0.3) is 5.91 Å². The summed E-state index contributed by atoms with van der Waals surface area (Å²) >= 11 is 0. The molecule has 0 aromatic heterocycles. The lowest BCUT2D eigenvalue weighted by Gasteiger charge is -2.18. The number of carbonyl (C=O) groups excluding carboxylic acids is 3. The smallest absolute Gasteiger partial charge is 0.253 e. The van der Waals surface area contributed by atoms with E-state index in [1.54, 1.807) is 38.4 Å². The monoisotopic (exact) mass is 310 g/mol. The number of imide groups is 1. The fraction of sp³-hybridized carbons (Fsp3) is 0.389. The predicted octanol–water partition coefficient (Wildman–Crippen LogP) is 1.70. The largest absolute Gasteiger partial charge is 0.345 e. The lowest BCUT2D eigenvalue weighted by Crippen LogP contribution is -2.32. The molecule has 118 valence electrons. The van der Waals surface area contributed by atoms with E-state index in [0.717, 1.165) is 6.42 Å². The van der Waals surface area contributed by atoms with Crippen molar-refractivity contribution in [3.05, 3.63) is 42.0 Å². The summed E-state index contributed by atoms with van der Waals surface area (Å²) in [4.78, 5) is 40.2. The molecule has 23 heavy (non-hydrogen) atoms. The highest BCUT2D eigenvalue weighted by molar-refractivity contribution is 6.22. The van der Waals surface area contributed by atoms with Gasteiger partial charge in [0, 0.05) is 19.7 Å². The molecule has 3 amide bonds. The number of anilines is 1. The third-order valence-electron chi connectivity index (χ3n) is 5.25. The van der Waals surface area contributed by atoms with Gasteiger partial charge in [-0.1, -0.05) is 12.2 Å². The molecule has 0 unspecified atom stereocenters. The van der Waals surface area contributed by atoms with Crippen LogP contribution in [0.4, 0.5) is 5.69 Å². The average molecular weight is 310 g/mol. The first-order valence-electron chi connectivity index (χ1n) is 7.87. The Labute approximate surface area is 134 Å². The molecule has 3 aliphatic rings. The Morgan fingerprint density at radius 3 is 2.00 bits per heavy atom. The highest BCUT2D eigenvalue weighted by Crippen LogP contribution is 2.53. The van der Waals surface area contributed by atoms with E-state index in [9.17, 15) is 14.4 Å². The van der Waals surface area contributed by atoms with Crippen molar-refractivity contribution in [1.82, 2.24) is 4.90 Å². The summed E-state index contributed by atoms with van der Waals surface area (Å²) in [5.74, 6) is -0.259. The Hall–Kier alpha value is -2.43. The van der Waals surface area contributed by atoms with E-state index < -0.39 is 0 Å². The van der Waals surface area contributed by atoms with Gasteiger partial charge < -0.3 is 4.90 Å². The maximum absolute atomic E-state index is 12.7. The van der Waals surface area contributed by atoms with Crippen LogP contribution in [0.5, 0.6) is 0 Å². The van der Waals surface area contributed by atoms with E-state index in [2.05, 4.69) is 12.2 Å². The van der Waals surface area contributed by atoms with Crippen molar-refractivity contribution in [3.63, 3.8) is 0 Å². The first-order chi connectivity index (χ1) is 11.0. The first-order valence-corrected chi connectivity index (χ1v) is 7.87. The van der Waals surface area contributed by atoms with Gasteiger partial charge in [-0.2, -0.15) is 0 Å². The third-order valence-corrected chi connectivity index (χ3v) is 5.25. The summed E-state index contributed by atoms with van der Waals surface area (Å²) in [5.41, 5.74) is 1.10. The molecule has 2 bridgehead atoms. The molecule has 0 spiro atoms. The fourth-order valence-corrected chi connectivity index (χ4v) is 4.17. The second-order valence-electron chi connectivity index (χ2n) is 6.76. The summed E-state index contributed by atoms with van der Waals surface area (Å²) in [6, 6.07) is 6.70. The Morgan fingerprint density at radius 2 is 1.52 bits per heavy atom. The summed E-state index contributed by atoms with van der Waals surface area (Å²) in [7, 11) is 3.38. The highest BCUT2D eigenvalue weighted by Gasteiger charge is 2.59. The molecule has 0 N–H and O–H groups in total. The molecule has 1 saturated carbocycles. The van der Waals surface area contributed by atoms with Crippen LogP contribution >= 0.6 is 0 Å². The second kappa shape index (κ2) is 4.78. The predicted molar refractivity (Wildman–Crippen MR) is 84.7 cm³/mol. The van der Waals surface area contributed by atoms with Gasteiger partial charge in [-0.05, 0) is 42.5 Å². The van der Waals surface area contributed by atoms with Crippen molar-refractivity contribution in [2.45, 2.75) is 6.42 Å². The van der Waals surface area contributed by atoms with E-state index in [1.165, 1.54) is 9.80 Å². The van der Waals surface area contributed by atoms with Crippen molar-refractivity contribution in [1.29, 1.82) is 0 Å². The van der Waals surface area contributed by atoms with Crippen LogP contribution in [0.15, 0.2) is 36.4 Å². The molecule has 5 nitrogen and oxygen atoms in total. The maximum Gasteiger partial charge on any atom is 0.253 e. The van der Waals surface area contributed by atoms with Crippen molar-refractivity contribution < 1.29 is 14.4 Å². The van der Waals surface area contributed by atoms with Crippen molar-refractivity contribution in [2.75, 3.05) is 19.0 Å². The van der Waals surface area contributed by atoms with Crippen LogP contribution in [0.1, 0.15) is 16.8 Å². The molecule has 1 aromatic rings. The summed E-state index contributed by atoms with van der Waals surface area (Å²) in [6.45, 7) is 0. The van der Waals surface area contributed by atoms with Gasteiger partial charge in [-0.25, -0.2) is 0 Å². The zero-order valence-corrected chi connectivity index (χ0v) is 13.1. The molecule has 5 heteroatoms. The first kappa shape index (κ1) is 14.2. The molecule has 2 aliphatic carbocycles. The SMILES string of the molecule is CN(C)C(=O)c1ccc(N2C(=O)[C@H]3[C@H](C2=O)[C@H]2C=C[C@H]3C2)cc1. The number of fused-ring (bicyclic) bond motifs is 5. The van der Waals surface area contributed by atoms with Crippen molar-refractivity contribution >= 4 is 23.4 Å². The van der Waals surface area contributed by atoms with Crippen LogP contribution in [-0.2, 0) is 9.59 Å². The summed E-state index contributed by atoms with van der Waals surface area (Å²) < 4.78 is 0. The van der Waals surface area contributed by atoms with E-state index in [-0.39, 0.29) is 41.4 Å². The quantitative estimate of drug-likeness (QED) is 0.617. The Kier molecular flexibility index (Phi) is 2.95. The van der Waals surface area contributed by atoms with Gasteiger partial charge in [-0.15, -0.1) is 0 Å². The number of hydrogen-bond donors (Lipinski definition) is 0. The number of amides is 3. The van der Waals surface area contributed by atoms with Gasteiger partial charge in [0.15, 0.2) is 0 Å². The van der Waals surface area contributed by atoms with Gasteiger partial charge >= 0.3 is 0 Å². The number of rotatable bonds is 2. The normalized spacial score (nSPS) is 31.0. The molecule has 4 atom stereocenters. The Bertz CT molecular complexity index is 705. The second-order valence-corrected chi connectivity index (χ2v) is 6.76. The van der Waals surface area contributed by atoms with Gasteiger partial charge in [0.2, 0.25) is 11.8 Å². The van der Waals surface area contributed by atoms with Crippen LogP contribution in [0.25, 0.3) is 0 Å².